The third-order valence-corrected chi connectivity index (χ3v) is 3.19. The Labute approximate surface area is 97.6 Å². The van der Waals surface area contributed by atoms with Crippen LogP contribution >= 0.6 is 0 Å². The van der Waals surface area contributed by atoms with Crippen molar-refractivity contribution in [2.75, 3.05) is 5.32 Å². The second-order valence-corrected chi connectivity index (χ2v) is 4.35. The van der Waals surface area contributed by atoms with Crippen LogP contribution in [0.3, 0.4) is 0 Å². The normalized spacial score (nSPS) is 17.9. The molecule has 2 rings (SSSR count). The fourth-order valence-electron chi connectivity index (χ4n) is 2.27. The molecule has 1 amide bonds. The number of carboxylic acids is 1. The molecule has 7 heteroatoms. The zero-order chi connectivity index (χ0) is 12.3. The molecule has 7 nitrogen and oxygen atoms in total. The Hall–Kier alpha value is -1.92. The van der Waals surface area contributed by atoms with Crippen molar-refractivity contribution in [1.29, 1.82) is 0 Å². The van der Waals surface area contributed by atoms with Crippen molar-refractivity contribution in [2.45, 2.75) is 32.1 Å². The number of hydrogen-bond donors (Lipinski definition) is 3. The molecule has 0 saturated heterocycles. The molecule has 1 aromatic rings. The quantitative estimate of drug-likeness (QED) is 0.718. The van der Waals surface area contributed by atoms with Gasteiger partial charge in [-0.15, -0.1) is 0 Å². The molecule has 1 saturated carbocycles. The number of carbonyl (C=O) groups is 2. The molecule has 17 heavy (non-hydrogen) atoms. The molecule has 3 N–H and O–H groups in total. The van der Waals surface area contributed by atoms with Gasteiger partial charge in [0.05, 0.1) is 5.41 Å². The molecular formula is C10H14N4O3. The predicted octanol–water partition coefficient (Wildman–Crippen LogP) is 0.778. The predicted molar refractivity (Wildman–Crippen MR) is 58.2 cm³/mol. The van der Waals surface area contributed by atoms with Crippen LogP contribution < -0.4 is 5.32 Å². The fraction of sp³-hybridized carbons (Fsp3) is 0.600. The number of amides is 1. The van der Waals surface area contributed by atoms with E-state index < -0.39 is 11.4 Å². The van der Waals surface area contributed by atoms with Crippen molar-refractivity contribution in [1.82, 2.24) is 15.2 Å². The summed E-state index contributed by atoms with van der Waals surface area (Å²) in [5, 5.41) is 17.8. The first kappa shape index (κ1) is 11.6. The molecular weight excluding hydrogens is 224 g/mol. The molecule has 1 aliphatic rings. The van der Waals surface area contributed by atoms with Crippen molar-refractivity contribution in [2.24, 2.45) is 5.41 Å². The molecule has 0 radical (unpaired) electrons. The lowest BCUT2D eigenvalue weighted by atomic mass is 9.82. The second kappa shape index (κ2) is 4.52. The Bertz CT molecular complexity index is 409. The number of nitrogens with one attached hydrogen (secondary N) is 2. The zero-order valence-corrected chi connectivity index (χ0v) is 9.27. The van der Waals surface area contributed by atoms with Crippen molar-refractivity contribution < 1.29 is 14.7 Å². The molecule has 92 valence electrons. The first-order valence-electron chi connectivity index (χ1n) is 5.51. The van der Waals surface area contributed by atoms with E-state index in [0.29, 0.717) is 12.8 Å². The highest BCUT2D eigenvalue weighted by molar-refractivity contribution is 5.93. The maximum Gasteiger partial charge on any atom is 0.310 e. The number of aromatic amines is 1. The number of carbonyl (C=O) groups excluding carboxylic acids is 1. The minimum absolute atomic E-state index is 0.0109. The summed E-state index contributed by atoms with van der Waals surface area (Å²) in [7, 11) is 0. The number of aliphatic carboxylic acids is 1. The molecule has 0 unspecified atom stereocenters. The van der Waals surface area contributed by atoms with E-state index in [2.05, 4.69) is 20.5 Å². The Morgan fingerprint density at radius 1 is 1.47 bits per heavy atom. The van der Waals surface area contributed by atoms with Gasteiger partial charge in [-0.2, -0.15) is 10.1 Å². The molecule has 0 aromatic carbocycles. The van der Waals surface area contributed by atoms with Crippen LogP contribution in [0.2, 0.25) is 0 Å². The van der Waals surface area contributed by atoms with Crippen molar-refractivity contribution >= 4 is 17.8 Å². The maximum atomic E-state index is 11.7. The highest BCUT2D eigenvalue weighted by atomic mass is 16.4. The van der Waals surface area contributed by atoms with Crippen molar-refractivity contribution in [3.05, 3.63) is 6.33 Å². The Morgan fingerprint density at radius 3 is 2.71 bits per heavy atom. The minimum Gasteiger partial charge on any atom is -0.481 e. The van der Waals surface area contributed by atoms with E-state index in [1.54, 1.807) is 0 Å². The lowest BCUT2D eigenvalue weighted by Gasteiger charge is -2.22. The van der Waals surface area contributed by atoms with Crippen LogP contribution in [0.5, 0.6) is 0 Å². The van der Waals surface area contributed by atoms with Crippen molar-refractivity contribution in [3.63, 3.8) is 0 Å². The van der Waals surface area contributed by atoms with E-state index in [9.17, 15) is 14.7 Å². The molecule has 1 fully saturated rings. The van der Waals surface area contributed by atoms with Crippen LogP contribution in [0.15, 0.2) is 6.33 Å². The summed E-state index contributed by atoms with van der Waals surface area (Å²) in [6.07, 6.45) is 4.11. The average Bonchev–Trinajstić information content (AvgIpc) is 2.89. The summed E-state index contributed by atoms with van der Waals surface area (Å²) in [5.74, 6) is -0.984. The Balaban J connectivity index is 1.99. The van der Waals surface area contributed by atoms with Gasteiger partial charge in [0.2, 0.25) is 11.9 Å². The number of anilines is 1. The van der Waals surface area contributed by atoms with Gasteiger partial charge in [0, 0.05) is 6.42 Å². The summed E-state index contributed by atoms with van der Waals surface area (Å²) in [6, 6.07) is 0. The smallest absolute Gasteiger partial charge is 0.310 e. The SMILES string of the molecule is O=C(CC1(C(=O)O)CCCC1)Nc1ncn[nH]1. The van der Waals surface area contributed by atoms with E-state index in [-0.39, 0.29) is 18.3 Å². The summed E-state index contributed by atoms with van der Waals surface area (Å²) in [4.78, 5) is 26.7. The van der Waals surface area contributed by atoms with E-state index in [1.165, 1.54) is 6.33 Å². The number of carboxylic acid groups (broad SMARTS) is 1. The van der Waals surface area contributed by atoms with Gasteiger partial charge in [-0.1, -0.05) is 12.8 Å². The number of aromatic nitrogens is 3. The van der Waals surface area contributed by atoms with Gasteiger partial charge in [-0.05, 0) is 12.8 Å². The monoisotopic (exact) mass is 238 g/mol. The average molecular weight is 238 g/mol. The highest BCUT2D eigenvalue weighted by Gasteiger charge is 2.43. The van der Waals surface area contributed by atoms with Gasteiger partial charge >= 0.3 is 5.97 Å². The summed E-state index contributed by atoms with van der Waals surface area (Å²) < 4.78 is 0. The number of H-pyrrole nitrogens is 1. The standard InChI is InChI=1S/C10H14N4O3/c15-7(13-9-11-6-12-14-9)5-10(8(16)17)3-1-2-4-10/h6H,1-5H2,(H,16,17)(H2,11,12,13,14,15). The number of rotatable bonds is 4. The van der Waals surface area contributed by atoms with Crippen LogP contribution in [0, 0.1) is 5.41 Å². The van der Waals surface area contributed by atoms with Gasteiger partial charge in [0.1, 0.15) is 6.33 Å². The summed E-state index contributed by atoms with van der Waals surface area (Å²) in [5.41, 5.74) is -0.899. The topological polar surface area (TPSA) is 108 Å². The van der Waals surface area contributed by atoms with Gasteiger partial charge in [-0.25, -0.2) is 5.10 Å². The molecule has 0 spiro atoms. The first-order valence-corrected chi connectivity index (χ1v) is 5.51. The Kier molecular flexibility index (Phi) is 3.08. The van der Waals surface area contributed by atoms with E-state index in [0.717, 1.165) is 12.8 Å². The lowest BCUT2D eigenvalue weighted by molar-refractivity contribution is -0.150. The van der Waals surface area contributed by atoms with Crippen LogP contribution in [0.1, 0.15) is 32.1 Å². The third kappa shape index (κ3) is 2.43. The zero-order valence-electron chi connectivity index (χ0n) is 9.27. The lowest BCUT2D eigenvalue weighted by Crippen LogP contribution is -2.32. The molecule has 1 aliphatic carbocycles. The van der Waals surface area contributed by atoms with Crippen LogP contribution in [-0.4, -0.2) is 32.2 Å². The molecule has 1 heterocycles. The highest BCUT2D eigenvalue weighted by Crippen LogP contribution is 2.41. The van der Waals surface area contributed by atoms with Crippen molar-refractivity contribution in [3.8, 4) is 0 Å². The van der Waals surface area contributed by atoms with Crippen LogP contribution in [-0.2, 0) is 9.59 Å². The fourth-order valence-corrected chi connectivity index (χ4v) is 2.27. The number of nitrogens with zero attached hydrogens (tertiary/aromatic N) is 2. The van der Waals surface area contributed by atoms with Gasteiger partial charge < -0.3 is 5.11 Å². The molecule has 0 aliphatic heterocycles. The summed E-state index contributed by atoms with van der Waals surface area (Å²) in [6.45, 7) is 0. The molecule has 0 atom stereocenters. The van der Waals surface area contributed by atoms with Gasteiger partial charge in [0.15, 0.2) is 0 Å². The van der Waals surface area contributed by atoms with E-state index in [4.69, 9.17) is 0 Å². The maximum absolute atomic E-state index is 11.7. The molecule has 0 bridgehead atoms. The van der Waals surface area contributed by atoms with E-state index >= 15 is 0 Å². The first-order chi connectivity index (χ1) is 8.12. The van der Waals surface area contributed by atoms with Gasteiger partial charge in [0.25, 0.3) is 0 Å². The third-order valence-electron chi connectivity index (χ3n) is 3.19. The minimum atomic E-state index is -0.899. The van der Waals surface area contributed by atoms with Crippen LogP contribution in [0.25, 0.3) is 0 Å². The van der Waals surface area contributed by atoms with Gasteiger partial charge in [-0.3, -0.25) is 14.9 Å². The van der Waals surface area contributed by atoms with Crippen LogP contribution in [0.4, 0.5) is 5.95 Å². The molecule has 1 aromatic heterocycles. The van der Waals surface area contributed by atoms with E-state index in [1.807, 2.05) is 0 Å². The Morgan fingerprint density at radius 2 is 2.18 bits per heavy atom. The second-order valence-electron chi connectivity index (χ2n) is 4.35. The number of hydrogen-bond acceptors (Lipinski definition) is 4. The summed E-state index contributed by atoms with van der Waals surface area (Å²) >= 11 is 0. The largest absolute Gasteiger partial charge is 0.481 e.